The molecule has 1 aromatic heterocycles. The minimum absolute atomic E-state index is 0.0170. The molecule has 8 nitrogen and oxygen atoms in total. The van der Waals surface area contributed by atoms with Gasteiger partial charge in [0.05, 0.1) is 31.3 Å². The number of guanidine groups is 1. The van der Waals surface area contributed by atoms with E-state index in [1.165, 1.54) is 0 Å². The second-order valence-electron chi connectivity index (χ2n) is 7.47. The minimum Gasteiger partial charge on any atom is -0.469 e. The highest BCUT2D eigenvalue weighted by Gasteiger charge is 2.28. The lowest BCUT2D eigenvalue weighted by molar-refractivity contribution is 0.0904. The summed E-state index contributed by atoms with van der Waals surface area (Å²) >= 11 is 0. The van der Waals surface area contributed by atoms with E-state index in [2.05, 4.69) is 21.8 Å². The van der Waals surface area contributed by atoms with Crippen molar-refractivity contribution in [1.82, 2.24) is 14.5 Å². The Morgan fingerprint density at radius 3 is 2.66 bits per heavy atom. The Labute approximate surface area is 174 Å². The largest absolute Gasteiger partial charge is 0.469 e. The van der Waals surface area contributed by atoms with E-state index in [0.29, 0.717) is 39.3 Å². The summed E-state index contributed by atoms with van der Waals surface area (Å²) in [5.41, 5.74) is 0.974. The van der Waals surface area contributed by atoms with Crippen LogP contribution in [-0.4, -0.2) is 81.3 Å². The Morgan fingerprint density at radius 1 is 1.34 bits per heavy atom. The fraction of sp³-hybridized carbons (Fsp3) is 0.650. The molecule has 0 unspecified atom stereocenters. The van der Waals surface area contributed by atoms with Crippen LogP contribution < -0.4 is 5.32 Å². The summed E-state index contributed by atoms with van der Waals surface area (Å²) in [6, 6.07) is 3.82. The number of nitrogens with one attached hydrogen (secondary N) is 1. The molecule has 9 heteroatoms. The standard InChI is InChI=1S/C20H34N4O4S/c1-17(2)16-22-20(21-8-7-19-6-5-13-28-19)23-9-11-24(12-10-23)29(25,26)15-14-27-18(3)4/h5-6,13,18H,1,7-12,14-16H2,2-4H3,(H,21,22). The van der Waals surface area contributed by atoms with Crippen molar-refractivity contribution in [2.75, 3.05) is 51.6 Å². The van der Waals surface area contributed by atoms with Gasteiger partial charge in [0, 0.05) is 39.1 Å². The highest BCUT2D eigenvalue weighted by atomic mass is 32.2. The number of rotatable bonds is 10. The second-order valence-corrected chi connectivity index (χ2v) is 9.56. The zero-order chi connectivity index (χ0) is 21.3. The predicted molar refractivity (Wildman–Crippen MR) is 116 cm³/mol. The molecule has 0 spiro atoms. The first kappa shape index (κ1) is 23.4. The van der Waals surface area contributed by atoms with E-state index in [1.807, 2.05) is 32.9 Å². The van der Waals surface area contributed by atoms with E-state index >= 15 is 0 Å². The van der Waals surface area contributed by atoms with Gasteiger partial charge in [-0.3, -0.25) is 0 Å². The average Bonchev–Trinajstić information content (AvgIpc) is 3.17. The number of ether oxygens (including phenoxy) is 1. The van der Waals surface area contributed by atoms with Crippen LogP contribution in [0.15, 0.2) is 40.0 Å². The van der Waals surface area contributed by atoms with Crippen molar-refractivity contribution < 1.29 is 17.6 Å². The van der Waals surface area contributed by atoms with Gasteiger partial charge in [-0.15, -0.1) is 0 Å². The van der Waals surface area contributed by atoms with Crippen LogP contribution >= 0.6 is 0 Å². The molecule has 0 aromatic carbocycles. The molecule has 0 radical (unpaired) electrons. The SMILES string of the molecule is C=C(C)CN=C(NCCc1ccco1)N1CCN(S(=O)(=O)CCOC(C)C)CC1. The molecule has 1 aliphatic rings. The normalized spacial score (nSPS) is 16.4. The van der Waals surface area contributed by atoms with Crippen molar-refractivity contribution in [3.63, 3.8) is 0 Å². The molecular weight excluding hydrogens is 392 g/mol. The van der Waals surface area contributed by atoms with E-state index in [1.54, 1.807) is 10.6 Å². The first-order valence-electron chi connectivity index (χ1n) is 10.1. The molecular formula is C20H34N4O4S. The van der Waals surface area contributed by atoms with Gasteiger partial charge < -0.3 is 19.4 Å². The van der Waals surface area contributed by atoms with E-state index in [0.717, 1.165) is 23.7 Å². The second kappa shape index (κ2) is 11.4. The molecule has 1 aromatic rings. The van der Waals surface area contributed by atoms with Gasteiger partial charge in [0.2, 0.25) is 10.0 Å². The number of piperazine rings is 1. The number of hydrogen-bond donors (Lipinski definition) is 1. The van der Waals surface area contributed by atoms with Gasteiger partial charge in [-0.05, 0) is 32.9 Å². The summed E-state index contributed by atoms with van der Waals surface area (Å²) in [5, 5.41) is 3.37. The van der Waals surface area contributed by atoms with E-state index in [-0.39, 0.29) is 18.5 Å². The minimum atomic E-state index is -3.31. The van der Waals surface area contributed by atoms with Crippen LogP contribution in [-0.2, 0) is 21.2 Å². The van der Waals surface area contributed by atoms with Crippen LogP contribution in [0, 0.1) is 0 Å². The van der Waals surface area contributed by atoms with Crippen molar-refractivity contribution >= 4 is 16.0 Å². The number of aliphatic imine (C=N–C) groups is 1. The van der Waals surface area contributed by atoms with Gasteiger partial charge >= 0.3 is 0 Å². The number of nitrogens with zero attached hydrogens (tertiary/aromatic N) is 3. The van der Waals surface area contributed by atoms with Gasteiger partial charge in [0.25, 0.3) is 0 Å². The topological polar surface area (TPSA) is 87.4 Å². The highest BCUT2D eigenvalue weighted by molar-refractivity contribution is 7.89. The van der Waals surface area contributed by atoms with Gasteiger partial charge in [0.1, 0.15) is 5.76 Å². The Kier molecular flexibility index (Phi) is 9.19. The zero-order valence-corrected chi connectivity index (χ0v) is 18.6. The number of sulfonamides is 1. The number of hydrogen-bond acceptors (Lipinski definition) is 5. The zero-order valence-electron chi connectivity index (χ0n) is 17.8. The summed E-state index contributed by atoms with van der Waals surface area (Å²) in [6.07, 6.45) is 2.45. The summed E-state index contributed by atoms with van der Waals surface area (Å²) in [6.45, 7) is 13.2. The Bertz CT molecular complexity index is 751. The third-order valence-electron chi connectivity index (χ3n) is 4.46. The molecule has 1 aliphatic heterocycles. The molecule has 0 bridgehead atoms. The van der Waals surface area contributed by atoms with Gasteiger partial charge in [-0.2, -0.15) is 4.31 Å². The maximum Gasteiger partial charge on any atom is 0.216 e. The molecule has 0 amide bonds. The monoisotopic (exact) mass is 426 g/mol. The molecule has 164 valence electrons. The molecule has 0 aliphatic carbocycles. The van der Waals surface area contributed by atoms with Crippen LogP contribution in [0.2, 0.25) is 0 Å². The van der Waals surface area contributed by atoms with Gasteiger partial charge in [0.15, 0.2) is 5.96 Å². The molecule has 0 saturated carbocycles. The highest BCUT2D eigenvalue weighted by Crippen LogP contribution is 2.09. The maximum atomic E-state index is 12.5. The third-order valence-corrected chi connectivity index (χ3v) is 6.29. The summed E-state index contributed by atoms with van der Waals surface area (Å²) in [4.78, 5) is 6.73. The van der Waals surface area contributed by atoms with Crippen molar-refractivity contribution in [2.45, 2.75) is 33.3 Å². The Hall–Kier alpha value is -1.84. The van der Waals surface area contributed by atoms with Crippen molar-refractivity contribution in [2.24, 2.45) is 4.99 Å². The maximum absolute atomic E-state index is 12.5. The molecule has 2 rings (SSSR count). The lowest BCUT2D eigenvalue weighted by Crippen LogP contribution is -2.54. The third kappa shape index (κ3) is 8.20. The fourth-order valence-corrected chi connectivity index (χ4v) is 4.21. The van der Waals surface area contributed by atoms with E-state index in [4.69, 9.17) is 9.15 Å². The van der Waals surface area contributed by atoms with E-state index < -0.39 is 10.0 Å². The molecule has 1 fully saturated rings. The van der Waals surface area contributed by atoms with Gasteiger partial charge in [-0.1, -0.05) is 12.2 Å². The molecule has 1 saturated heterocycles. The quantitative estimate of drug-likeness (QED) is 0.348. The van der Waals surface area contributed by atoms with Crippen molar-refractivity contribution in [3.05, 3.63) is 36.3 Å². The predicted octanol–water partition coefficient (Wildman–Crippen LogP) is 1.72. The van der Waals surface area contributed by atoms with Crippen molar-refractivity contribution in [1.29, 1.82) is 0 Å². The first-order valence-corrected chi connectivity index (χ1v) is 11.7. The smallest absolute Gasteiger partial charge is 0.216 e. The summed E-state index contributed by atoms with van der Waals surface area (Å²) < 4.78 is 37.4. The van der Waals surface area contributed by atoms with Crippen LogP contribution in [0.1, 0.15) is 26.5 Å². The molecule has 0 atom stereocenters. The number of furan rings is 1. The average molecular weight is 427 g/mol. The summed E-state index contributed by atoms with van der Waals surface area (Å²) in [5.74, 6) is 1.71. The first-order chi connectivity index (χ1) is 13.8. The lowest BCUT2D eigenvalue weighted by atomic mass is 10.3. The van der Waals surface area contributed by atoms with Crippen LogP contribution in [0.3, 0.4) is 0 Å². The van der Waals surface area contributed by atoms with Crippen LogP contribution in [0.5, 0.6) is 0 Å². The Balaban J connectivity index is 1.89. The lowest BCUT2D eigenvalue weighted by Gasteiger charge is -2.36. The van der Waals surface area contributed by atoms with E-state index in [9.17, 15) is 8.42 Å². The van der Waals surface area contributed by atoms with Crippen LogP contribution in [0.25, 0.3) is 0 Å². The molecule has 2 heterocycles. The van der Waals surface area contributed by atoms with Crippen LogP contribution in [0.4, 0.5) is 0 Å². The molecule has 1 N–H and O–H groups in total. The fourth-order valence-electron chi connectivity index (χ4n) is 2.93. The van der Waals surface area contributed by atoms with Gasteiger partial charge in [-0.25, -0.2) is 13.4 Å². The summed E-state index contributed by atoms with van der Waals surface area (Å²) in [7, 11) is -3.31. The molecule has 29 heavy (non-hydrogen) atoms. The Morgan fingerprint density at radius 2 is 2.07 bits per heavy atom. The van der Waals surface area contributed by atoms with Crippen molar-refractivity contribution in [3.8, 4) is 0 Å².